The van der Waals surface area contributed by atoms with Crippen molar-refractivity contribution in [2.75, 3.05) is 20.8 Å². The van der Waals surface area contributed by atoms with E-state index in [1.165, 1.54) is 7.11 Å². The van der Waals surface area contributed by atoms with E-state index in [1.54, 1.807) is 7.11 Å². The summed E-state index contributed by atoms with van der Waals surface area (Å²) in [6.07, 6.45) is 1.22. The zero-order valence-electron chi connectivity index (χ0n) is 14.0. The van der Waals surface area contributed by atoms with E-state index < -0.39 is 7.82 Å². The summed E-state index contributed by atoms with van der Waals surface area (Å²) in [5, 5.41) is 0. The predicted octanol–water partition coefficient (Wildman–Crippen LogP) is 2.79. The zero-order chi connectivity index (χ0) is 17.0. The molecule has 0 N–H and O–H groups in total. The van der Waals surface area contributed by atoms with Gasteiger partial charge < -0.3 is 14.2 Å². The molecule has 2 aliphatic rings. The summed E-state index contributed by atoms with van der Waals surface area (Å²) in [5.74, 6) is 0. The first-order chi connectivity index (χ1) is 10.9. The van der Waals surface area contributed by atoms with Gasteiger partial charge in [0.05, 0.1) is 31.0 Å². The monoisotopic (exact) mass is 370 g/mol. The van der Waals surface area contributed by atoms with E-state index in [9.17, 15) is 4.57 Å². The Morgan fingerprint density at radius 1 is 1.17 bits per heavy atom. The lowest BCUT2D eigenvalue weighted by atomic mass is 10.1. The number of phosphoric ester groups is 1. The van der Waals surface area contributed by atoms with E-state index in [0.717, 1.165) is 12.8 Å². The molecule has 9 heteroatoms. The number of phosphoric acid groups is 1. The molecule has 0 aromatic carbocycles. The van der Waals surface area contributed by atoms with Gasteiger partial charge in [-0.15, -0.1) is 12.6 Å². The molecule has 2 aliphatic heterocycles. The van der Waals surface area contributed by atoms with Crippen molar-refractivity contribution in [3.8, 4) is 0 Å². The van der Waals surface area contributed by atoms with Crippen LogP contribution in [0.25, 0.3) is 0 Å². The Morgan fingerprint density at radius 3 is 2.52 bits per heavy atom. The standard InChI is InChI=1S/C14H27O7PS/c1-5-10-12(7-14(23)20-10)21-22(15,17-4)18-8-13-11(16-3)6-9(2)19-13/h9-14,23H,5-8H2,1-4H3. The number of methoxy groups -OCH3 is 1. The number of ether oxygens (including phenoxy) is 3. The minimum Gasteiger partial charge on any atom is -0.379 e. The maximum atomic E-state index is 12.7. The molecule has 0 aliphatic carbocycles. The highest BCUT2D eigenvalue weighted by Gasteiger charge is 2.41. The highest BCUT2D eigenvalue weighted by Crippen LogP contribution is 2.52. The van der Waals surface area contributed by atoms with Crippen LogP contribution in [-0.4, -0.2) is 56.8 Å². The van der Waals surface area contributed by atoms with Gasteiger partial charge in [0.25, 0.3) is 0 Å². The molecule has 0 radical (unpaired) electrons. The van der Waals surface area contributed by atoms with Crippen molar-refractivity contribution in [3.05, 3.63) is 0 Å². The summed E-state index contributed by atoms with van der Waals surface area (Å²) in [6.45, 7) is 4.03. The van der Waals surface area contributed by atoms with E-state index in [4.69, 9.17) is 27.8 Å². The summed E-state index contributed by atoms with van der Waals surface area (Å²) in [7, 11) is -0.753. The quantitative estimate of drug-likeness (QED) is 0.520. The van der Waals surface area contributed by atoms with E-state index in [1.807, 2.05) is 13.8 Å². The van der Waals surface area contributed by atoms with Crippen LogP contribution in [0.15, 0.2) is 0 Å². The number of thiol groups is 1. The SMILES string of the molecule is CCC1OC(S)CC1OP(=O)(OC)OCC1OC(C)CC1OC. The molecule has 136 valence electrons. The topological polar surface area (TPSA) is 72.5 Å². The largest absolute Gasteiger partial charge is 0.474 e. The molecule has 7 atom stereocenters. The first-order valence-corrected chi connectivity index (χ1v) is 9.89. The van der Waals surface area contributed by atoms with Crippen molar-refractivity contribution in [1.82, 2.24) is 0 Å². The number of hydrogen-bond acceptors (Lipinski definition) is 8. The van der Waals surface area contributed by atoms with Crippen LogP contribution in [0, 0.1) is 0 Å². The zero-order valence-corrected chi connectivity index (χ0v) is 15.8. The second-order valence-corrected chi connectivity index (χ2v) is 8.14. The second kappa shape index (κ2) is 8.63. The first-order valence-electron chi connectivity index (χ1n) is 7.91. The number of hydrogen-bond donors (Lipinski definition) is 1. The van der Waals surface area contributed by atoms with E-state index in [0.29, 0.717) is 6.42 Å². The average Bonchev–Trinajstić information content (AvgIpc) is 3.06. The fraction of sp³-hybridized carbons (Fsp3) is 1.00. The molecule has 0 bridgehead atoms. The Morgan fingerprint density at radius 2 is 1.91 bits per heavy atom. The van der Waals surface area contributed by atoms with Crippen LogP contribution in [0.2, 0.25) is 0 Å². The van der Waals surface area contributed by atoms with Gasteiger partial charge in [-0.3, -0.25) is 13.6 Å². The fourth-order valence-corrected chi connectivity index (χ4v) is 4.44. The Kier molecular flexibility index (Phi) is 7.38. The molecule has 7 unspecified atom stereocenters. The van der Waals surface area contributed by atoms with Gasteiger partial charge in [-0.1, -0.05) is 6.92 Å². The average molecular weight is 370 g/mol. The Hall–Kier alpha value is 0.340. The Balaban J connectivity index is 1.91. The maximum absolute atomic E-state index is 12.7. The van der Waals surface area contributed by atoms with Gasteiger partial charge in [0, 0.05) is 27.1 Å². The van der Waals surface area contributed by atoms with Crippen LogP contribution in [0.1, 0.15) is 33.1 Å². The van der Waals surface area contributed by atoms with E-state index in [2.05, 4.69) is 12.6 Å². The molecule has 23 heavy (non-hydrogen) atoms. The van der Waals surface area contributed by atoms with Gasteiger partial charge in [-0.2, -0.15) is 0 Å². The van der Waals surface area contributed by atoms with E-state index in [-0.39, 0.29) is 42.6 Å². The molecule has 2 fully saturated rings. The van der Waals surface area contributed by atoms with Gasteiger partial charge in [-0.05, 0) is 13.3 Å². The molecule has 2 saturated heterocycles. The Bertz CT molecular complexity index is 424. The van der Waals surface area contributed by atoms with Crippen LogP contribution in [0.3, 0.4) is 0 Å². The summed E-state index contributed by atoms with van der Waals surface area (Å²) in [5.41, 5.74) is -0.229. The lowest BCUT2D eigenvalue weighted by Gasteiger charge is -2.24. The van der Waals surface area contributed by atoms with Gasteiger partial charge >= 0.3 is 7.82 Å². The molecule has 2 heterocycles. The smallest absolute Gasteiger partial charge is 0.379 e. The minimum absolute atomic E-state index is 0.0778. The van der Waals surface area contributed by atoms with Gasteiger partial charge in [-0.25, -0.2) is 4.57 Å². The molecule has 0 saturated carbocycles. The molecule has 0 spiro atoms. The molecule has 0 aromatic rings. The summed E-state index contributed by atoms with van der Waals surface area (Å²) in [4.78, 5) is 0. The predicted molar refractivity (Wildman–Crippen MR) is 87.7 cm³/mol. The van der Waals surface area contributed by atoms with Crippen molar-refractivity contribution >= 4 is 20.5 Å². The van der Waals surface area contributed by atoms with Crippen molar-refractivity contribution in [2.45, 2.75) is 69.1 Å². The van der Waals surface area contributed by atoms with Gasteiger partial charge in [0.1, 0.15) is 11.5 Å². The Labute approximate surface area is 143 Å². The summed E-state index contributed by atoms with van der Waals surface area (Å²) >= 11 is 4.29. The van der Waals surface area contributed by atoms with Crippen molar-refractivity contribution in [3.63, 3.8) is 0 Å². The molecular formula is C14H27O7PS. The van der Waals surface area contributed by atoms with Gasteiger partial charge in [0.15, 0.2) is 0 Å². The molecule has 7 nitrogen and oxygen atoms in total. The minimum atomic E-state index is -3.69. The molecule has 0 aromatic heterocycles. The maximum Gasteiger partial charge on any atom is 0.474 e. The van der Waals surface area contributed by atoms with Crippen LogP contribution in [-0.2, 0) is 32.3 Å². The second-order valence-electron chi connectivity index (χ2n) is 5.84. The third kappa shape index (κ3) is 5.16. The summed E-state index contributed by atoms with van der Waals surface area (Å²) in [6, 6.07) is 0. The highest BCUT2D eigenvalue weighted by molar-refractivity contribution is 7.80. The normalized spacial score (nSPS) is 40.4. The van der Waals surface area contributed by atoms with Gasteiger partial charge in [0.2, 0.25) is 0 Å². The van der Waals surface area contributed by atoms with Crippen molar-refractivity contribution in [2.24, 2.45) is 0 Å². The van der Waals surface area contributed by atoms with Crippen LogP contribution in [0.4, 0.5) is 0 Å². The summed E-state index contributed by atoms with van der Waals surface area (Å²) < 4.78 is 45.5. The third-order valence-corrected chi connectivity index (χ3v) is 5.93. The third-order valence-electron chi connectivity index (χ3n) is 4.16. The van der Waals surface area contributed by atoms with Crippen LogP contribution in [0.5, 0.6) is 0 Å². The first kappa shape index (κ1) is 19.7. The van der Waals surface area contributed by atoms with Crippen LogP contribution >= 0.6 is 20.5 Å². The molecule has 0 amide bonds. The van der Waals surface area contributed by atoms with Crippen LogP contribution < -0.4 is 0 Å². The fourth-order valence-electron chi connectivity index (χ4n) is 2.94. The van der Waals surface area contributed by atoms with E-state index >= 15 is 0 Å². The lowest BCUT2D eigenvalue weighted by molar-refractivity contribution is -0.0380. The molecule has 2 rings (SSSR count). The lowest BCUT2D eigenvalue weighted by Crippen LogP contribution is -2.29. The molecular weight excluding hydrogens is 343 g/mol. The van der Waals surface area contributed by atoms with Crippen molar-refractivity contribution < 1.29 is 32.3 Å². The number of rotatable bonds is 8. The highest BCUT2D eigenvalue weighted by atomic mass is 32.1. The van der Waals surface area contributed by atoms with Crippen molar-refractivity contribution in [1.29, 1.82) is 0 Å².